The third-order valence-electron chi connectivity index (χ3n) is 4.17. The molecule has 0 aromatic heterocycles. The van der Waals surface area contributed by atoms with Gasteiger partial charge in [0.05, 0.1) is 11.2 Å². The second-order valence-electron chi connectivity index (χ2n) is 5.84. The van der Waals surface area contributed by atoms with E-state index in [-0.39, 0.29) is 18.3 Å². The number of rotatable bonds is 5. The lowest BCUT2D eigenvalue weighted by Crippen LogP contribution is -2.44. The number of nitro groups is 1. The molecule has 0 spiro atoms. The summed E-state index contributed by atoms with van der Waals surface area (Å²) in [6, 6.07) is 3.54. The third kappa shape index (κ3) is 4.46. The van der Waals surface area contributed by atoms with E-state index in [1.54, 1.807) is 0 Å². The van der Waals surface area contributed by atoms with Crippen LogP contribution in [-0.2, 0) is 16.6 Å². The molecule has 0 amide bonds. The summed E-state index contributed by atoms with van der Waals surface area (Å²) >= 11 is 0. The normalized spacial score (nSPS) is 17.6. The van der Waals surface area contributed by atoms with Crippen molar-refractivity contribution in [3.05, 3.63) is 39.7 Å². The van der Waals surface area contributed by atoms with Gasteiger partial charge in [0.1, 0.15) is 5.82 Å². The maximum atomic E-state index is 13.4. The van der Waals surface area contributed by atoms with Gasteiger partial charge in [-0.15, -0.1) is 0 Å². The number of nitro benzene ring substituents is 1. The first-order chi connectivity index (χ1) is 10.7. The highest BCUT2D eigenvalue weighted by Crippen LogP contribution is 2.24. The van der Waals surface area contributed by atoms with E-state index in [4.69, 9.17) is 0 Å². The lowest BCUT2D eigenvalue weighted by molar-refractivity contribution is -0.385. The highest BCUT2D eigenvalue weighted by molar-refractivity contribution is 7.88. The van der Waals surface area contributed by atoms with Gasteiger partial charge in [0, 0.05) is 37.3 Å². The van der Waals surface area contributed by atoms with Crippen LogP contribution in [0.15, 0.2) is 18.2 Å². The summed E-state index contributed by atoms with van der Waals surface area (Å²) in [6.45, 7) is 1.11. The fourth-order valence-corrected chi connectivity index (χ4v) is 3.75. The Bertz CT molecular complexity index is 687. The molecule has 7 nitrogen and oxygen atoms in total. The van der Waals surface area contributed by atoms with E-state index in [0.717, 1.165) is 6.07 Å². The molecule has 9 heteroatoms. The first-order valence-electron chi connectivity index (χ1n) is 7.26. The fraction of sp³-hybridized carbons (Fsp3) is 0.571. The zero-order valence-electron chi connectivity index (χ0n) is 13.1. The SMILES string of the molecule is CN(Cc1cc(F)ccc1[N+](=O)[O-])C1CCN(S(C)(=O)=O)CC1. The van der Waals surface area contributed by atoms with Crippen LogP contribution in [0.2, 0.25) is 0 Å². The Balaban J connectivity index is 2.05. The summed E-state index contributed by atoms with van der Waals surface area (Å²) in [5.41, 5.74) is 0.217. The first-order valence-corrected chi connectivity index (χ1v) is 9.11. The molecule has 0 saturated carbocycles. The number of nitrogens with zero attached hydrogens (tertiary/aromatic N) is 3. The van der Waals surface area contributed by atoms with Crippen molar-refractivity contribution in [1.82, 2.24) is 9.21 Å². The van der Waals surface area contributed by atoms with Crippen molar-refractivity contribution in [2.45, 2.75) is 25.4 Å². The van der Waals surface area contributed by atoms with Gasteiger partial charge >= 0.3 is 0 Å². The maximum Gasteiger partial charge on any atom is 0.274 e. The van der Waals surface area contributed by atoms with Gasteiger partial charge in [-0.2, -0.15) is 0 Å². The van der Waals surface area contributed by atoms with Crippen molar-refractivity contribution in [2.75, 3.05) is 26.4 Å². The van der Waals surface area contributed by atoms with Gasteiger partial charge in [0.25, 0.3) is 5.69 Å². The van der Waals surface area contributed by atoms with E-state index in [2.05, 4.69) is 0 Å². The minimum Gasteiger partial charge on any atom is -0.299 e. The van der Waals surface area contributed by atoms with E-state index in [9.17, 15) is 22.9 Å². The van der Waals surface area contributed by atoms with Gasteiger partial charge < -0.3 is 0 Å². The smallest absolute Gasteiger partial charge is 0.274 e. The quantitative estimate of drug-likeness (QED) is 0.598. The number of halogens is 1. The summed E-state index contributed by atoms with van der Waals surface area (Å²) in [5.74, 6) is -0.508. The van der Waals surface area contributed by atoms with E-state index < -0.39 is 20.8 Å². The van der Waals surface area contributed by atoms with Crippen LogP contribution in [-0.4, -0.2) is 55.0 Å². The molecule has 1 aromatic rings. The van der Waals surface area contributed by atoms with E-state index >= 15 is 0 Å². The molecule has 0 atom stereocenters. The summed E-state index contributed by atoms with van der Waals surface area (Å²) in [6.07, 6.45) is 2.48. The summed E-state index contributed by atoms with van der Waals surface area (Å²) in [7, 11) is -1.37. The number of hydrogen-bond acceptors (Lipinski definition) is 5. The predicted molar refractivity (Wildman–Crippen MR) is 84.0 cm³/mol. The zero-order chi connectivity index (χ0) is 17.2. The maximum absolute atomic E-state index is 13.4. The summed E-state index contributed by atoms with van der Waals surface area (Å²) < 4.78 is 37.8. The van der Waals surface area contributed by atoms with Crippen LogP contribution in [0.25, 0.3) is 0 Å². The highest BCUT2D eigenvalue weighted by Gasteiger charge is 2.28. The predicted octanol–water partition coefficient (Wildman–Crippen LogP) is 1.59. The molecule has 1 fully saturated rings. The number of hydrogen-bond donors (Lipinski definition) is 0. The number of sulfonamides is 1. The van der Waals surface area contributed by atoms with Crippen LogP contribution in [0.4, 0.5) is 10.1 Å². The minimum absolute atomic E-state index is 0.105. The fourth-order valence-electron chi connectivity index (χ4n) is 2.87. The second-order valence-corrected chi connectivity index (χ2v) is 7.82. The van der Waals surface area contributed by atoms with Gasteiger partial charge in [0.2, 0.25) is 10.0 Å². The molecule has 128 valence electrons. The lowest BCUT2D eigenvalue weighted by Gasteiger charge is -2.35. The molecule has 0 unspecified atom stereocenters. The molecule has 0 radical (unpaired) electrons. The molecule has 2 rings (SSSR count). The standard InChI is InChI=1S/C14H20FN3O4S/c1-16(13-5-7-17(8-6-13)23(2,21)22)10-11-9-12(15)3-4-14(11)18(19)20/h3-4,9,13H,5-8,10H2,1-2H3. The summed E-state index contributed by atoms with van der Waals surface area (Å²) in [5, 5.41) is 11.0. The van der Waals surface area contributed by atoms with Crippen LogP contribution < -0.4 is 0 Å². The van der Waals surface area contributed by atoms with Crippen LogP contribution in [0.1, 0.15) is 18.4 Å². The van der Waals surface area contributed by atoms with Gasteiger partial charge in [-0.1, -0.05) is 0 Å². The monoisotopic (exact) mass is 345 g/mol. The molecule has 1 aromatic carbocycles. The van der Waals surface area contributed by atoms with Crippen LogP contribution in [0.3, 0.4) is 0 Å². The molecule has 1 heterocycles. The Labute approximate surface area is 134 Å². The molecular weight excluding hydrogens is 325 g/mol. The lowest BCUT2D eigenvalue weighted by atomic mass is 10.0. The summed E-state index contributed by atoms with van der Waals surface area (Å²) in [4.78, 5) is 12.4. The molecule has 1 aliphatic rings. The van der Waals surface area contributed by atoms with Crippen LogP contribution in [0.5, 0.6) is 0 Å². The van der Waals surface area contributed by atoms with Gasteiger partial charge in [0.15, 0.2) is 0 Å². The largest absolute Gasteiger partial charge is 0.299 e. The van der Waals surface area contributed by atoms with Crippen molar-refractivity contribution in [3.8, 4) is 0 Å². The van der Waals surface area contributed by atoms with E-state index in [0.29, 0.717) is 31.5 Å². The minimum atomic E-state index is -3.18. The van der Waals surface area contributed by atoms with Gasteiger partial charge in [-0.3, -0.25) is 15.0 Å². The first kappa shape index (κ1) is 17.8. The van der Waals surface area contributed by atoms with Crippen LogP contribution in [0, 0.1) is 15.9 Å². The molecule has 0 N–H and O–H groups in total. The molecule has 1 saturated heterocycles. The van der Waals surface area contributed by atoms with E-state index in [1.165, 1.54) is 22.7 Å². The van der Waals surface area contributed by atoms with Crippen molar-refractivity contribution < 1.29 is 17.7 Å². The van der Waals surface area contributed by atoms with Crippen molar-refractivity contribution in [3.63, 3.8) is 0 Å². The van der Waals surface area contributed by atoms with Crippen molar-refractivity contribution in [1.29, 1.82) is 0 Å². The average molecular weight is 345 g/mol. The van der Waals surface area contributed by atoms with Gasteiger partial charge in [-0.25, -0.2) is 17.1 Å². The Kier molecular flexibility index (Phi) is 5.33. The Hall–Kier alpha value is -1.58. The Morgan fingerprint density at radius 3 is 2.52 bits per heavy atom. The van der Waals surface area contributed by atoms with Crippen molar-refractivity contribution >= 4 is 15.7 Å². The number of piperidine rings is 1. The molecule has 1 aliphatic heterocycles. The molecule has 0 bridgehead atoms. The molecule has 0 aliphatic carbocycles. The van der Waals surface area contributed by atoms with Gasteiger partial charge in [-0.05, 0) is 32.0 Å². The second kappa shape index (κ2) is 6.90. The Morgan fingerprint density at radius 1 is 1.39 bits per heavy atom. The van der Waals surface area contributed by atoms with Crippen molar-refractivity contribution in [2.24, 2.45) is 0 Å². The zero-order valence-corrected chi connectivity index (χ0v) is 13.9. The third-order valence-corrected chi connectivity index (χ3v) is 5.48. The topological polar surface area (TPSA) is 83.8 Å². The average Bonchev–Trinajstić information content (AvgIpc) is 2.46. The number of benzene rings is 1. The highest BCUT2D eigenvalue weighted by atomic mass is 32.2. The molecule has 23 heavy (non-hydrogen) atoms. The Morgan fingerprint density at radius 2 is 2.00 bits per heavy atom. The van der Waals surface area contributed by atoms with Crippen LogP contribution >= 0.6 is 0 Å². The van der Waals surface area contributed by atoms with E-state index in [1.807, 2.05) is 11.9 Å². The molecular formula is C14H20FN3O4S.